The lowest BCUT2D eigenvalue weighted by Crippen LogP contribution is -2.50. The maximum atomic E-state index is 13.2. The fourth-order valence-electron chi connectivity index (χ4n) is 3.94. The molecular formula is C20H30ClN3O2. The highest BCUT2D eigenvalue weighted by Gasteiger charge is 2.36. The van der Waals surface area contributed by atoms with Crippen molar-refractivity contribution < 1.29 is 9.59 Å². The monoisotopic (exact) mass is 379 g/mol. The van der Waals surface area contributed by atoms with Crippen molar-refractivity contribution in [2.75, 3.05) is 30.3 Å². The number of carbonyl (C=O) groups excluding carboxylic acids is 2. The lowest BCUT2D eigenvalue weighted by molar-refractivity contribution is -0.142. The van der Waals surface area contributed by atoms with Crippen LogP contribution in [0.3, 0.4) is 0 Å². The molecule has 0 aliphatic carbocycles. The number of amides is 2. The zero-order chi connectivity index (χ0) is 18.2. The second kappa shape index (κ2) is 7.87. The Morgan fingerprint density at radius 1 is 1.15 bits per heavy atom. The molecule has 1 saturated heterocycles. The molecule has 2 N–H and O–H groups in total. The van der Waals surface area contributed by atoms with Crippen LogP contribution in [0.2, 0.25) is 0 Å². The standard InChI is InChI=1S/C20H29N3O2.ClH/c1-20(2,3)19(25)22-11-5-7-14(13-22)18(24)23-12-6-8-15-16(21)9-4-10-17(15)23;/h4,9-10,14H,5-8,11-13,21H2,1-3H3;1H. The number of nitrogens with zero attached hydrogens (tertiary/aromatic N) is 2. The number of rotatable bonds is 1. The maximum Gasteiger partial charge on any atom is 0.231 e. The molecule has 0 radical (unpaired) electrons. The smallest absolute Gasteiger partial charge is 0.231 e. The largest absolute Gasteiger partial charge is 0.398 e. The van der Waals surface area contributed by atoms with Crippen molar-refractivity contribution in [3.8, 4) is 0 Å². The summed E-state index contributed by atoms with van der Waals surface area (Å²) in [6, 6.07) is 5.80. The zero-order valence-corrected chi connectivity index (χ0v) is 16.8. The van der Waals surface area contributed by atoms with E-state index in [1.54, 1.807) is 0 Å². The molecule has 1 aromatic carbocycles. The number of halogens is 1. The van der Waals surface area contributed by atoms with Crippen LogP contribution >= 0.6 is 12.4 Å². The fourth-order valence-corrected chi connectivity index (χ4v) is 3.94. The Balaban J connectivity index is 0.00000243. The van der Waals surface area contributed by atoms with Crippen LogP contribution < -0.4 is 10.6 Å². The molecule has 26 heavy (non-hydrogen) atoms. The van der Waals surface area contributed by atoms with E-state index in [2.05, 4.69) is 0 Å². The summed E-state index contributed by atoms with van der Waals surface area (Å²) in [5.74, 6) is 0.152. The minimum atomic E-state index is -0.406. The van der Waals surface area contributed by atoms with E-state index >= 15 is 0 Å². The van der Waals surface area contributed by atoms with Gasteiger partial charge >= 0.3 is 0 Å². The van der Waals surface area contributed by atoms with Gasteiger partial charge in [-0.3, -0.25) is 9.59 Å². The highest BCUT2D eigenvalue weighted by Crippen LogP contribution is 2.33. The summed E-state index contributed by atoms with van der Waals surface area (Å²) in [5.41, 5.74) is 8.50. The van der Waals surface area contributed by atoms with Gasteiger partial charge in [-0.15, -0.1) is 12.4 Å². The summed E-state index contributed by atoms with van der Waals surface area (Å²) < 4.78 is 0. The molecule has 2 heterocycles. The van der Waals surface area contributed by atoms with E-state index in [1.807, 2.05) is 48.8 Å². The number of fused-ring (bicyclic) bond motifs is 1. The van der Waals surface area contributed by atoms with Gasteiger partial charge in [0, 0.05) is 36.4 Å². The van der Waals surface area contributed by atoms with Gasteiger partial charge in [-0.2, -0.15) is 0 Å². The Bertz CT molecular complexity index is 684. The number of piperidine rings is 1. The van der Waals surface area contributed by atoms with Crippen LogP contribution in [-0.4, -0.2) is 36.3 Å². The molecule has 144 valence electrons. The van der Waals surface area contributed by atoms with Crippen molar-refractivity contribution in [2.45, 2.75) is 46.5 Å². The van der Waals surface area contributed by atoms with E-state index in [0.717, 1.165) is 55.7 Å². The predicted molar refractivity (Wildman–Crippen MR) is 108 cm³/mol. The number of hydrogen-bond acceptors (Lipinski definition) is 3. The van der Waals surface area contributed by atoms with Crippen molar-refractivity contribution in [1.82, 2.24) is 4.90 Å². The van der Waals surface area contributed by atoms with Gasteiger partial charge in [0.25, 0.3) is 0 Å². The molecule has 1 unspecified atom stereocenters. The number of benzene rings is 1. The van der Waals surface area contributed by atoms with Gasteiger partial charge in [0.05, 0.1) is 5.92 Å². The van der Waals surface area contributed by atoms with Crippen LogP contribution in [0.5, 0.6) is 0 Å². The number of anilines is 2. The van der Waals surface area contributed by atoms with Gasteiger partial charge in [-0.05, 0) is 43.4 Å². The molecule has 0 bridgehead atoms. The van der Waals surface area contributed by atoms with Gasteiger partial charge in [0.15, 0.2) is 0 Å². The molecule has 6 heteroatoms. The first-order valence-electron chi connectivity index (χ1n) is 9.27. The van der Waals surface area contributed by atoms with E-state index < -0.39 is 5.41 Å². The van der Waals surface area contributed by atoms with Crippen LogP contribution in [0, 0.1) is 11.3 Å². The Labute approximate surface area is 162 Å². The van der Waals surface area contributed by atoms with Crippen molar-refractivity contribution in [1.29, 1.82) is 0 Å². The summed E-state index contributed by atoms with van der Waals surface area (Å²) in [6.45, 7) is 7.82. The second-order valence-electron chi connectivity index (χ2n) is 8.28. The number of hydrogen-bond donors (Lipinski definition) is 1. The topological polar surface area (TPSA) is 66.6 Å². The Hall–Kier alpha value is -1.75. The van der Waals surface area contributed by atoms with Crippen LogP contribution in [0.15, 0.2) is 18.2 Å². The van der Waals surface area contributed by atoms with Crippen LogP contribution in [-0.2, 0) is 16.0 Å². The van der Waals surface area contributed by atoms with E-state index in [9.17, 15) is 9.59 Å². The zero-order valence-electron chi connectivity index (χ0n) is 16.0. The van der Waals surface area contributed by atoms with Crippen LogP contribution in [0.25, 0.3) is 0 Å². The van der Waals surface area contributed by atoms with Crippen LogP contribution in [0.1, 0.15) is 45.6 Å². The summed E-state index contributed by atoms with van der Waals surface area (Å²) in [4.78, 5) is 29.5. The summed E-state index contributed by atoms with van der Waals surface area (Å²) >= 11 is 0. The van der Waals surface area contributed by atoms with Gasteiger partial charge in [-0.25, -0.2) is 0 Å². The van der Waals surface area contributed by atoms with Crippen molar-refractivity contribution in [3.63, 3.8) is 0 Å². The molecule has 0 aromatic heterocycles. The SMILES string of the molecule is CC(C)(C)C(=O)N1CCCC(C(=O)N2CCCc3c(N)cccc32)C1.Cl. The van der Waals surface area contributed by atoms with E-state index in [1.165, 1.54) is 0 Å². The number of likely N-dealkylation sites (tertiary alicyclic amines) is 1. The van der Waals surface area contributed by atoms with E-state index in [4.69, 9.17) is 5.73 Å². The van der Waals surface area contributed by atoms with Gasteiger partial charge in [0.2, 0.25) is 11.8 Å². The third kappa shape index (κ3) is 3.98. The van der Waals surface area contributed by atoms with Gasteiger partial charge in [-0.1, -0.05) is 26.8 Å². The second-order valence-corrected chi connectivity index (χ2v) is 8.28. The molecule has 1 fully saturated rings. The molecule has 1 atom stereocenters. The maximum absolute atomic E-state index is 13.2. The molecule has 3 rings (SSSR count). The average Bonchev–Trinajstić information content (AvgIpc) is 2.60. The van der Waals surface area contributed by atoms with Crippen molar-refractivity contribution in [3.05, 3.63) is 23.8 Å². The molecule has 5 nitrogen and oxygen atoms in total. The molecule has 0 spiro atoms. The summed E-state index contributed by atoms with van der Waals surface area (Å²) in [7, 11) is 0. The number of nitrogen functional groups attached to an aromatic ring is 1. The van der Waals surface area contributed by atoms with E-state index in [-0.39, 0.29) is 30.1 Å². The predicted octanol–water partition coefficient (Wildman–Crippen LogP) is 3.25. The highest BCUT2D eigenvalue weighted by molar-refractivity contribution is 5.97. The minimum absolute atomic E-state index is 0. The molecule has 2 aliphatic rings. The first-order chi connectivity index (χ1) is 11.8. The Morgan fingerprint density at radius 2 is 1.88 bits per heavy atom. The first kappa shape index (κ1) is 20.6. The summed E-state index contributed by atoms with van der Waals surface area (Å²) in [5, 5.41) is 0. The van der Waals surface area contributed by atoms with E-state index in [0.29, 0.717) is 6.54 Å². The van der Waals surface area contributed by atoms with Gasteiger partial charge in [0.1, 0.15) is 0 Å². The Kier molecular flexibility index (Phi) is 6.22. The third-order valence-corrected chi connectivity index (χ3v) is 5.25. The normalized spacial score (nSPS) is 20.2. The van der Waals surface area contributed by atoms with Crippen LogP contribution in [0.4, 0.5) is 11.4 Å². The highest BCUT2D eigenvalue weighted by atomic mass is 35.5. The summed E-state index contributed by atoms with van der Waals surface area (Å²) in [6.07, 6.45) is 3.59. The quantitative estimate of drug-likeness (QED) is 0.761. The molecule has 2 amide bonds. The van der Waals surface area contributed by atoms with Crippen molar-refractivity contribution in [2.24, 2.45) is 11.3 Å². The lowest BCUT2D eigenvalue weighted by Gasteiger charge is -2.39. The fraction of sp³-hybridized carbons (Fsp3) is 0.600. The number of nitrogens with two attached hydrogens (primary N) is 1. The van der Waals surface area contributed by atoms with Gasteiger partial charge < -0.3 is 15.5 Å². The minimum Gasteiger partial charge on any atom is -0.398 e. The molecule has 0 saturated carbocycles. The molecular weight excluding hydrogens is 350 g/mol. The molecule has 1 aromatic rings. The third-order valence-electron chi connectivity index (χ3n) is 5.25. The Morgan fingerprint density at radius 3 is 2.58 bits per heavy atom. The number of carbonyl (C=O) groups is 2. The average molecular weight is 380 g/mol. The molecule has 2 aliphatic heterocycles. The first-order valence-corrected chi connectivity index (χ1v) is 9.27. The lowest BCUT2D eigenvalue weighted by atomic mass is 9.90. The van der Waals surface area contributed by atoms with Crippen molar-refractivity contribution >= 4 is 35.6 Å².